The first-order chi connectivity index (χ1) is 13.6. The molecule has 3 aromatic rings. The van der Waals surface area contributed by atoms with Crippen LogP contribution in [0.3, 0.4) is 0 Å². The van der Waals surface area contributed by atoms with Crippen LogP contribution in [0.1, 0.15) is 48.0 Å². The molecule has 1 aromatic carbocycles. The summed E-state index contributed by atoms with van der Waals surface area (Å²) in [6.07, 6.45) is 4.79. The monoisotopic (exact) mass is 411 g/mol. The van der Waals surface area contributed by atoms with Gasteiger partial charge < -0.3 is 0 Å². The van der Waals surface area contributed by atoms with Crippen LogP contribution in [0.2, 0.25) is 5.02 Å². The molecule has 1 aliphatic carbocycles. The lowest BCUT2D eigenvalue weighted by atomic mass is 9.89. The Labute approximate surface area is 173 Å². The second-order valence-corrected chi connectivity index (χ2v) is 9.10. The lowest BCUT2D eigenvalue weighted by Crippen LogP contribution is -2.26. The standard InChI is InChI=1S/C22H22ClN3OS/c1-14-4-9-17-18(12-14)28-21-20(17)22(27)26(11-3-2-10-24)19(25-21)13-15-5-7-16(23)8-6-15/h5-8,14H,2-4,9,11-13H2,1H3. The van der Waals surface area contributed by atoms with E-state index in [-0.39, 0.29) is 5.56 Å². The topological polar surface area (TPSA) is 58.7 Å². The average Bonchev–Trinajstić information content (AvgIpc) is 3.03. The third-order valence-corrected chi connectivity index (χ3v) is 6.84. The molecule has 0 saturated heterocycles. The summed E-state index contributed by atoms with van der Waals surface area (Å²) in [6.45, 7) is 2.80. The molecule has 1 unspecified atom stereocenters. The molecule has 1 aliphatic rings. The van der Waals surface area contributed by atoms with Crippen molar-refractivity contribution in [1.82, 2.24) is 9.55 Å². The Morgan fingerprint density at radius 2 is 2.14 bits per heavy atom. The van der Waals surface area contributed by atoms with Crippen molar-refractivity contribution in [2.24, 2.45) is 5.92 Å². The zero-order valence-electron chi connectivity index (χ0n) is 15.9. The minimum atomic E-state index is 0.0546. The number of nitrogens with zero attached hydrogens (tertiary/aromatic N) is 3. The van der Waals surface area contributed by atoms with Gasteiger partial charge in [0.25, 0.3) is 5.56 Å². The Morgan fingerprint density at radius 3 is 2.89 bits per heavy atom. The van der Waals surface area contributed by atoms with E-state index in [9.17, 15) is 4.79 Å². The van der Waals surface area contributed by atoms with Gasteiger partial charge in [0.15, 0.2) is 0 Å². The minimum Gasteiger partial charge on any atom is -0.296 e. The van der Waals surface area contributed by atoms with Crippen molar-refractivity contribution >= 4 is 33.2 Å². The van der Waals surface area contributed by atoms with Crippen LogP contribution in [0, 0.1) is 17.2 Å². The predicted molar refractivity (Wildman–Crippen MR) is 114 cm³/mol. The highest BCUT2D eigenvalue weighted by Gasteiger charge is 2.24. The normalized spacial score (nSPS) is 16.1. The smallest absolute Gasteiger partial charge is 0.262 e. The van der Waals surface area contributed by atoms with E-state index in [0.717, 1.165) is 40.9 Å². The Kier molecular flexibility index (Phi) is 5.52. The van der Waals surface area contributed by atoms with E-state index in [1.54, 1.807) is 15.9 Å². The number of hydrogen-bond acceptors (Lipinski definition) is 4. The van der Waals surface area contributed by atoms with Gasteiger partial charge in [-0.2, -0.15) is 5.26 Å². The number of aryl methyl sites for hydroxylation is 1. The molecule has 0 amide bonds. The van der Waals surface area contributed by atoms with Crippen molar-refractivity contribution in [3.05, 3.63) is 61.5 Å². The van der Waals surface area contributed by atoms with E-state index in [4.69, 9.17) is 21.8 Å². The first-order valence-electron chi connectivity index (χ1n) is 9.72. The van der Waals surface area contributed by atoms with Crippen LogP contribution in [0.5, 0.6) is 0 Å². The highest BCUT2D eigenvalue weighted by Crippen LogP contribution is 2.36. The summed E-state index contributed by atoms with van der Waals surface area (Å²) < 4.78 is 1.79. The summed E-state index contributed by atoms with van der Waals surface area (Å²) in [5.74, 6) is 1.43. The van der Waals surface area contributed by atoms with E-state index >= 15 is 0 Å². The molecule has 4 nitrogen and oxygen atoms in total. The molecule has 2 aromatic heterocycles. The molecule has 0 bridgehead atoms. The zero-order valence-corrected chi connectivity index (χ0v) is 17.4. The third kappa shape index (κ3) is 3.72. The summed E-state index contributed by atoms with van der Waals surface area (Å²) >= 11 is 7.69. The van der Waals surface area contributed by atoms with Crippen LogP contribution in [-0.4, -0.2) is 9.55 Å². The molecular formula is C22H22ClN3OS. The van der Waals surface area contributed by atoms with Gasteiger partial charge in [0.2, 0.25) is 0 Å². The summed E-state index contributed by atoms with van der Waals surface area (Å²) in [5, 5.41) is 10.4. The highest BCUT2D eigenvalue weighted by atomic mass is 35.5. The lowest BCUT2D eigenvalue weighted by molar-refractivity contribution is 0.509. The summed E-state index contributed by atoms with van der Waals surface area (Å²) in [7, 11) is 0. The first-order valence-corrected chi connectivity index (χ1v) is 10.9. The molecule has 144 valence electrons. The van der Waals surface area contributed by atoms with Gasteiger partial charge in [-0.3, -0.25) is 9.36 Å². The lowest BCUT2D eigenvalue weighted by Gasteiger charge is -2.18. The fraction of sp³-hybridized carbons (Fsp3) is 0.409. The predicted octanol–water partition coefficient (Wildman–Crippen LogP) is 5.13. The van der Waals surface area contributed by atoms with Gasteiger partial charge in [-0.1, -0.05) is 30.7 Å². The molecule has 0 N–H and O–H groups in total. The number of aromatic nitrogens is 2. The Bertz CT molecular complexity index is 1110. The number of rotatable bonds is 5. The molecule has 0 saturated carbocycles. The van der Waals surface area contributed by atoms with E-state index in [1.165, 1.54) is 10.4 Å². The fourth-order valence-electron chi connectivity index (χ4n) is 3.93. The number of benzene rings is 1. The number of unbranched alkanes of at least 4 members (excludes halogenated alkanes) is 1. The van der Waals surface area contributed by atoms with Crippen LogP contribution in [0.25, 0.3) is 10.2 Å². The number of nitriles is 1. The highest BCUT2D eigenvalue weighted by molar-refractivity contribution is 7.18. The Hall–Kier alpha value is -2.16. The van der Waals surface area contributed by atoms with Crippen molar-refractivity contribution in [3.8, 4) is 6.07 Å². The van der Waals surface area contributed by atoms with Crippen LogP contribution < -0.4 is 5.56 Å². The molecule has 0 aliphatic heterocycles. The van der Waals surface area contributed by atoms with Gasteiger partial charge in [0.1, 0.15) is 10.7 Å². The maximum atomic E-state index is 13.4. The average molecular weight is 412 g/mol. The van der Waals surface area contributed by atoms with E-state index < -0.39 is 0 Å². The van der Waals surface area contributed by atoms with E-state index in [0.29, 0.717) is 36.7 Å². The van der Waals surface area contributed by atoms with Crippen LogP contribution >= 0.6 is 22.9 Å². The molecule has 1 atom stereocenters. The third-order valence-electron chi connectivity index (χ3n) is 5.44. The number of thiophene rings is 1. The SMILES string of the molecule is CC1CCc2c(sc3nc(Cc4ccc(Cl)cc4)n(CCCC#N)c(=O)c23)C1. The Balaban J connectivity index is 1.82. The largest absolute Gasteiger partial charge is 0.296 e. The molecule has 2 heterocycles. The van der Waals surface area contributed by atoms with Gasteiger partial charge in [-0.25, -0.2) is 4.98 Å². The fourth-order valence-corrected chi connectivity index (χ4v) is 5.45. The summed E-state index contributed by atoms with van der Waals surface area (Å²) in [4.78, 5) is 20.5. The van der Waals surface area contributed by atoms with E-state index in [1.807, 2.05) is 24.3 Å². The molecule has 0 fully saturated rings. The first kappa shape index (κ1) is 19.2. The van der Waals surface area contributed by atoms with Gasteiger partial charge in [0.05, 0.1) is 11.5 Å². The van der Waals surface area contributed by atoms with E-state index in [2.05, 4.69) is 13.0 Å². The molecule has 0 spiro atoms. The molecule has 6 heteroatoms. The second kappa shape index (κ2) is 8.06. The van der Waals surface area contributed by atoms with Gasteiger partial charge >= 0.3 is 0 Å². The minimum absolute atomic E-state index is 0.0546. The van der Waals surface area contributed by atoms with Crippen molar-refractivity contribution in [3.63, 3.8) is 0 Å². The zero-order chi connectivity index (χ0) is 19.7. The van der Waals surface area contributed by atoms with Crippen molar-refractivity contribution in [2.75, 3.05) is 0 Å². The Morgan fingerprint density at radius 1 is 1.36 bits per heavy atom. The summed E-state index contributed by atoms with van der Waals surface area (Å²) in [6, 6.07) is 9.83. The second-order valence-electron chi connectivity index (χ2n) is 7.58. The molecular weight excluding hydrogens is 390 g/mol. The van der Waals surface area contributed by atoms with Gasteiger partial charge in [0, 0.05) is 29.3 Å². The van der Waals surface area contributed by atoms with Crippen LogP contribution in [0.15, 0.2) is 29.1 Å². The maximum absolute atomic E-state index is 13.4. The number of fused-ring (bicyclic) bond motifs is 3. The molecule has 28 heavy (non-hydrogen) atoms. The van der Waals surface area contributed by atoms with Crippen molar-refractivity contribution in [1.29, 1.82) is 5.26 Å². The number of hydrogen-bond donors (Lipinski definition) is 0. The molecule has 0 radical (unpaired) electrons. The quantitative estimate of drug-likeness (QED) is 0.547. The van der Waals surface area contributed by atoms with Gasteiger partial charge in [-0.15, -0.1) is 11.3 Å². The van der Waals surface area contributed by atoms with Crippen molar-refractivity contribution in [2.45, 2.75) is 52.0 Å². The van der Waals surface area contributed by atoms with Crippen molar-refractivity contribution < 1.29 is 0 Å². The number of halogens is 1. The van der Waals surface area contributed by atoms with Gasteiger partial charge in [-0.05, 0) is 54.9 Å². The summed E-state index contributed by atoms with van der Waals surface area (Å²) in [5.41, 5.74) is 2.33. The van der Waals surface area contributed by atoms with Crippen LogP contribution in [0.4, 0.5) is 0 Å². The van der Waals surface area contributed by atoms with Crippen LogP contribution in [-0.2, 0) is 25.8 Å². The molecule has 4 rings (SSSR count). The maximum Gasteiger partial charge on any atom is 0.262 e.